The zero-order valence-corrected chi connectivity index (χ0v) is 35.3. The predicted octanol–water partition coefficient (Wildman–Crippen LogP) is 14.8. The molecule has 0 rings (SSSR count). The molecular formula is C48H88O5. The van der Waals surface area contributed by atoms with Gasteiger partial charge in [0.25, 0.3) is 0 Å². The maximum Gasteiger partial charge on any atom is 0.306 e. The Morgan fingerprint density at radius 3 is 1.17 bits per heavy atom. The van der Waals surface area contributed by atoms with Crippen molar-refractivity contribution in [3.63, 3.8) is 0 Å². The SMILES string of the molecule is CCCCC/C=C\CCCCCCCC(=O)OCC(CO)OC(=O)CCCCCCCCCCCCCCCCC/C=C\C/C=C\CCCCCCC. The summed E-state index contributed by atoms with van der Waals surface area (Å²) in [7, 11) is 0. The Morgan fingerprint density at radius 1 is 0.434 bits per heavy atom. The minimum absolute atomic E-state index is 0.0678. The van der Waals surface area contributed by atoms with E-state index in [4.69, 9.17) is 9.47 Å². The molecular weight excluding hydrogens is 657 g/mol. The molecule has 53 heavy (non-hydrogen) atoms. The number of allylic oxidation sites excluding steroid dienone is 6. The standard InChI is InChI=1S/C48H88O5/c1-3-5-7-9-11-13-15-17-18-19-20-21-22-23-24-25-26-27-28-29-30-31-33-35-37-39-41-43-48(51)53-46(44-49)45-52-47(50)42-40-38-36-34-32-16-14-12-10-8-6-4-2/h12,14-15,17,19-20,46,49H,3-11,13,16,18,21-45H2,1-2H3/b14-12-,17-15-,20-19-. The minimum Gasteiger partial charge on any atom is -0.462 e. The number of hydrogen-bond donors (Lipinski definition) is 1. The third-order valence-electron chi connectivity index (χ3n) is 10.2. The van der Waals surface area contributed by atoms with Crippen LogP contribution in [0.1, 0.15) is 239 Å². The van der Waals surface area contributed by atoms with Crippen molar-refractivity contribution in [2.24, 2.45) is 0 Å². The molecule has 0 fully saturated rings. The second-order valence-electron chi connectivity index (χ2n) is 15.5. The van der Waals surface area contributed by atoms with Gasteiger partial charge >= 0.3 is 11.9 Å². The van der Waals surface area contributed by atoms with Crippen molar-refractivity contribution < 1.29 is 24.2 Å². The second kappa shape index (κ2) is 44.5. The van der Waals surface area contributed by atoms with Crippen LogP contribution in [0, 0.1) is 0 Å². The van der Waals surface area contributed by atoms with Gasteiger partial charge in [-0.3, -0.25) is 9.59 Å². The molecule has 0 aliphatic rings. The molecule has 5 nitrogen and oxygen atoms in total. The van der Waals surface area contributed by atoms with Gasteiger partial charge in [-0.2, -0.15) is 0 Å². The van der Waals surface area contributed by atoms with Gasteiger partial charge in [0.05, 0.1) is 6.61 Å². The van der Waals surface area contributed by atoms with Crippen LogP contribution < -0.4 is 0 Å². The first-order chi connectivity index (χ1) is 26.1. The highest BCUT2D eigenvalue weighted by molar-refractivity contribution is 5.70. The molecule has 0 aliphatic carbocycles. The highest BCUT2D eigenvalue weighted by Crippen LogP contribution is 2.15. The van der Waals surface area contributed by atoms with Crippen LogP contribution >= 0.6 is 0 Å². The fourth-order valence-corrected chi connectivity index (χ4v) is 6.64. The topological polar surface area (TPSA) is 72.8 Å². The van der Waals surface area contributed by atoms with E-state index in [1.54, 1.807) is 0 Å². The lowest BCUT2D eigenvalue weighted by Gasteiger charge is -2.15. The highest BCUT2D eigenvalue weighted by Gasteiger charge is 2.16. The molecule has 1 unspecified atom stereocenters. The normalized spacial score (nSPS) is 12.4. The van der Waals surface area contributed by atoms with Gasteiger partial charge in [-0.05, 0) is 70.6 Å². The summed E-state index contributed by atoms with van der Waals surface area (Å²) in [5.74, 6) is -0.595. The molecule has 0 radical (unpaired) electrons. The number of carbonyl (C=O) groups excluding carboxylic acids is 2. The van der Waals surface area contributed by atoms with E-state index in [1.807, 2.05) is 0 Å². The van der Waals surface area contributed by atoms with Gasteiger partial charge in [-0.15, -0.1) is 0 Å². The van der Waals surface area contributed by atoms with Crippen molar-refractivity contribution in [2.45, 2.75) is 245 Å². The molecule has 0 heterocycles. The van der Waals surface area contributed by atoms with Crippen LogP contribution in [0.5, 0.6) is 0 Å². The largest absolute Gasteiger partial charge is 0.462 e. The summed E-state index contributed by atoms with van der Waals surface area (Å²) in [4.78, 5) is 24.3. The minimum atomic E-state index is -0.772. The first-order valence-electron chi connectivity index (χ1n) is 23.0. The van der Waals surface area contributed by atoms with Gasteiger partial charge in [0.2, 0.25) is 0 Å². The molecule has 0 amide bonds. The summed E-state index contributed by atoms with van der Waals surface area (Å²) in [6.07, 6.45) is 55.2. The maximum atomic E-state index is 12.2. The van der Waals surface area contributed by atoms with E-state index < -0.39 is 6.10 Å². The van der Waals surface area contributed by atoms with Gasteiger partial charge in [-0.25, -0.2) is 0 Å². The summed E-state index contributed by atoms with van der Waals surface area (Å²) in [6, 6.07) is 0. The Bertz CT molecular complexity index is 847. The Hall–Kier alpha value is -1.88. The number of hydrogen-bond acceptors (Lipinski definition) is 5. The average Bonchev–Trinajstić information content (AvgIpc) is 3.16. The van der Waals surface area contributed by atoms with E-state index in [0.29, 0.717) is 12.8 Å². The number of unbranched alkanes of at least 4 members (excludes halogenated alkanes) is 28. The lowest BCUT2D eigenvalue weighted by Crippen LogP contribution is -2.28. The van der Waals surface area contributed by atoms with Gasteiger partial charge in [0.1, 0.15) is 6.61 Å². The predicted molar refractivity (Wildman–Crippen MR) is 228 cm³/mol. The van der Waals surface area contributed by atoms with E-state index >= 15 is 0 Å². The molecule has 0 saturated carbocycles. The van der Waals surface area contributed by atoms with Crippen LogP contribution in [-0.4, -0.2) is 36.4 Å². The fourth-order valence-electron chi connectivity index (χ4n) is 6.64. The molecule has 1 N–H and O–H groups in total. The number of aliphatic hydroxyl groups excluding tert-OH is 1. The van der Waals surface area contributed by atoms with Crippen LogP contribution in [0.3, 0.4) is 0 Å². The molecule has 0 spiro atoms. The lowest BCUT2D eigenvalue weighted by molar-refractivity contribution is -0.161. The Labute approximate surface area is 329 Å². The molecule has 5 heteroatoms. The second-order valence-corrected chi connectivity index (χ2v) is 15.5. The Morgan fingerprint density at radius 2 is 0.755 bits per heavy atom. The number of rotatable bonds is 42. The maximum absolute atomic E-state index is 12.2. The molecule has 310 valence electrons. The van der Waals surface area contributed by atoms with Crippen molar-refractivity contribution in [1.82, 2.24) is 0 Å². The Balaban J connectivity index is 3.46. The van der Waals surface area contributed by atoms with Gasteiger partial charge in [0, 0.05) is 12.8 Å². The van der Waals surface area contributed by atoms with Crippen LogP contribution in [0.4, 0.5) is 0 Å². The summed E-state index contributed by atoms with van der Waals surface area (Å²) in [6.45, 7) is 4.11. The quantitative estimate of drug-likeness (QED) is 0.0383. The summed E-state index contributed by atoms with van der Waals surface area (Å²) in [5, 5.41) is 9.57. The number of aliphatic hydroxyl groups is 1. The number of esters is 2. The van der Waals surface area contributed by atoms with E-state index in [1.165, 1.54) is 161 Å². The van der Waals surface area contributed by atoms with Gasteiger partial charge < -0.3 is 14.6 Å². The highest BCUT2D eigenvalue weighted by atomic mass is 16.6. The van der Waals surface area contributed by atoms with Gasteiger partial charge in [0.15, 0.2) is 6.10 Å². The van der Waals surface area contributed by atoms with E-state index in [0.717, 1.165) is 51.4 Å². The molecule has 0 aliphatic heterocycles. The number of ether oxygens (including phenoxy) is 2. The van der Waals surface area contributed by atoms with Crippen LogP contribution in [0.2, 0.25) is 0 Å². The zero-order valence-electron chi connectivity index (χ0n) is 35.3. The van der Waals surface area contributed by atoms with Crippen molar-refractivity contribution in [2.75, 3.05) is 13.2 Å². The summed E-state index contributed by atoms with van der Waals surface area (Å²) in [5.41, 5.74) is 0. The van der Waals surface area contributed by atoms with Crippen LogP contribution in [0.15, 0.2) is 36.5 Å². The van der Waals surface area contributed by atoms with Crippen molar-refractivity contribution in [3.05, 3.63) is 36.5 Å². The van der Waals surface area contributed by atoms with Crippen LogP contribution in [0.25, 0.3) is 0 Å². The van der Waals surface area contributed by atoms with Crippen molar-refractivity contribution in [3.8, 4) is 0 Å². The van der Waals surface area contributed by atoms with E-state index in [2.05, 4.69) is 50.3 Å². The van der Waals surface area contributed by atoms with Crippen LogP contribution in [-0.2, 0) is 19.1 Å². The molecule has 0 aromatic carbocycles. The zero-order chi connectivity index (χ0) is 38.6. The summed E-state index contributed by atoms with van der Waals surface area (Å²) >= 11 is 0. The third-order valence-corrected chi connectivity index (χ3v) is 10.2. The third kappa shape index (κ3) is 42.7. The van der Waals surface area contributed by atoms with E-state index in [-0.39, 0.29) is 25.2 Å². The molecule has 0 bridgehead atoms. The first-order valence-corrected chi connectivity index (χ1v) is 23.0. The first kappa shape index (κ1) is 51.1. The van der Waals surface area contributed by atoms with Crippen molar-refractivity contribution >= 4 is 11.9 Å². The summed E-state index contributed by atoms with van der Waals surface area (Å²) < 4.78 is 10.6. The monoisotopic (exact) mass is 745 g/mol. The smallest absolute Gasteiger partial charge is 0.306 e. The Kier molecular flexibility index (Phi) is 42.9. The number of carbonyl (C=O) groups is 2. The molecule has 0 aromatic rings. The molecule has 0 saturated heterocycles. The fraction of sp³-hybridized carbons (Fsp3) is 0.833. The average molecular weight is 745 g/mol. The molecule has 0 aromatic heterocycles. The lowest BCUT2D eigenvalue weighted by atomic mass is 10.0. The van der Waals surface area contributed by atoms with Crippen molar-refractivity contribution in [1.29, 1.82) is 0 Å². The van der Waals surface area contributed by atoms with Gasteiger partial charge in [-0.1, -0.05) is 192 Å². The molecule has 1 atom stereocenters. The van der Waals surface area contributed by atoms with E-state index in [9.17, 15) is 14.7 Å².